The van der Waals surface area contributed by atoms with Crippen molar-refractivity contribution in [2.24, 2.45) is 4.99 Å². The number of benzene rings is 3. The highest BCUT2D eigenvalue weighted by atomic mass is 32.1. The predicted molar refractivity (Wildman–Crippen MR) is 156 cm³/mol. The van der Waals surface area contributed by atoms with Crippen molar-refractivity contribution in [3.63, 3.8) is 0 Å². The third-order valence-electron chi connectivity index (χ3n) is 6.57. The molecule has 1 N–H and O–H groups in total. The summed E-state index contributed by atoms with van der Waals surface area (Å²) in [5.74, 6) is 0.205. The molecule has 1 unspecified atom stereocenters. The van der Waals surface area contributed by atoms with Gasteiger partial charge in [-0.3, -0.25) is 9.36 Å². The number of hydrogen-bond acceptors (Lipinski definition) is 8. The van der Waals surface area contributed by atoms with Crippen LogP contribution >= 0.6 is 11.3 Å². The quantitative estimate of drug-likeness (QED) is 0.252. The Labute approximate surface area is 235 Å². The number of fused-ring (bicyclic) bond motifs is 1. The van der Waals surface area contributed by atoms with Crippen molar-refractivity contribution in [2.45, 2.75) is 33.4 Å². The monoisotopic (exact) mass is 554 g/mol. The van der Waals surface area contributed by atoms with Gasteiger partial charge in [0.2, 0.25) is 0 Å². The number of esters is 1. The summed E-state index contributed by atoms with van der Waals surface area (Å²) in [4.78, 5) is 31.9. The molecule has 1 aromatic heterocycles. The minimum Gasteiger partial charge on any atom is -0.761 e. The lowest BCUT2D eigenvalue weighted by atomic mass is 9.95. The van der Waals surface area contributed by atoms with E-state index < -0.39 is 12.0 Å². The summed E-state index contributed by atoms with van der Waals surface area (Å²) in [7, 11) is 0. The number of hydrogen-bond donors (Lipinski definition) is 1. The maximum absolute atomic E-state index is 13.7. The Morgan fingerprint density at radius 1 is 1.05 bits per heavy atom. The lowest BCUT2D eigenvalue weighted by molar-refractivity contribution is -0.139. The summed E-state index contributed by atoms with van der Waals surface area (Å²) in [6.07, 6.45) is 1.82. The van der Waals surface area contributed by atoms with E-state index in [0.29, 0.717) is 38.6 Å². The molecule has 0 bridgehead atoms. The number of anilines is 1. The first-order chi connectivity index (χ1) is 19.4. The molecule has 9 heteroatoms. The van der Waals surface area contributed by atoms with Gasteiger partial charge in [-0.1, -0.05) is 65.4 Å². The molecule has 0 spiro atoms. The zero-order chi connectivity index (χ0) is 28.2. The van der Waals surface area contributed by atoms with E-state index >= 15 is 0 Å². The molecule has 204 valence electrons. The zero-order valence-corrected chi connectivity index (χ0v) is 23.2. The summed E-state index contributed by atoms with van der Waals surface area (Å²) < 4.78 is 13.3. The number of nitrogens with one attached hydrogen (secondary N) is 1. The molecule has 0 fully saturated rings. The highest BCUT2D eigenvalue weighted by molar-refractivity contribution is 7.07. The van der Waals surface area contributed by atoms with Crippen LogP contribution in [0.2, 0.25) is 0 Å². The number of aromatic nitrogens is 1. The van der Waals surface area contributed by atoms with Crippen LogP contribution in [0.4, 0.5) is 5.69 Å². The Balaban J connectivity index is 1.46. The van der Waals surface area contributed by atoms with Crippen LogP contribution in [0, 0.1) is 12.1 Å². The second-order valence-electron chi connectivity index (χ2n) is 9.37. The molecule has 0 aliphatic carbocycles. The predicted octanol–water partition coefficient (Wildman–Crippen LogP) is 4.60. The molecule has 40 heavy (non-hydrogen) atoms. The van der Waals surface area contributed by atoms with Crippen LogP contribution in [-0.2, 0) is 16.1 Å². The Hall–Kier alpha value is -4.47. The van der Waals surface area contributed by atoms with Gasteiger partial charge in [-0.15, -0.1) is 0 Å². The first-order valence-corrected chi connectivity index (χ1v) is 13.7. The van der Waals surface area contributed by atoms with Gasteiger partial charge in [-0.05, 0) is 67.8 Å². The van der Waals surface area contributed by atoms with E-state index in [0.717, 1.165) is 22.3 Å². The summed E-state index contributed by atoms with van der Waals surface area (Å²) in [6, 6.07) is 21.7. The molecule has 0 radical (unpaired) electrons. The summed E-state index contributed by atoms with van der Waals surface area (Å²) >= 11 is 1.29. The molecule has 0 saturated heterocycles. The number of ether oxygens (including phenoxy) is 2. The molecule has 1 aliphatic rings. The van der Waals surface area contributed by atoms with Crippen molar-refractivity contribution in [3.8, 4) is 5.75 Å². The van der Waals surface area contributed by atoms with Gasteiger partial charge >= 0.3 is 5.97 Å². The second-order valence-corrected chi connectivity index (χ2v) is 10.4. The lowest BCUT2D eigenvalue weighted by Gasteiger charge is -2.24. The fourth-order valence-electron chi connectivity index (χ4n) is 4.50. The van der Waals surface area contributed by atoms with Gasteiger partial charge in [-0.2, -0.15) is 0 Å². The normalized spacial score (nSPS) is 14.9. The number of nitrogens with zero attached hydrogens (tertiary/aromatic N) is 2. The fraction of sp³-hybridized carbons (Fsp3) is 0.194. The molecular formula is C31H28N3O5S-. The molecule has 2 heterocycles. The SMILES string of the molecule is CCOC(=O)C1=C(C)N=c2s/c(=C\c3ccc(OCc4ccc(N[O-])cc4)cc3)c(=O)n2C1c1ccc(C)cc1. The van der Waals surface area contributed by atoms with Crippen molar-refractivity contribution >= 4 is 29.1 Å². The molecule has 8 nitrogen and oxygen atoms in total. The number of carbonyl (C=O) groups is 1. The fourth-order valence-corrected chi connectivity index (χ4v) is 5.55. The number of carbonyl (C=O) groups excluding carboxylic acids is 1. The molecule has 5 rings (SSSR count). The van der Waals surface area contributed by atoms with Gasteiger partial charge < -0.3 is 20.2 Å². The van der Waals surface area contributed by atoms with E-state index in [2.05, 4.69) is 4.99 Å². The number of rotatable bonds is 8. The molecule has 4 aromatic rings. The van der Waals surface area contributed by atoms with E-state index in [1.54, 1.807) is 30.5 Å². The molecule has 1 aliphatic heterocycles. The van der Waals surface area contributed by atoms with Gasteiger partial charge in [0.15, 0.2) is 4.80 Å². The van der Waals surface area contributed by atoms with E-state index in [-0.39, 0.29) is 12.2 Å². The molecule has 0 amide bonds. The highest BCUT2D eigenvalue weighted by Crippen LogP contribution is 2.30. The van der Waals surface area contributed by atoms with Crippen molar-refractivity contribution in [3.05, 3.63) is 131 Å². The minimum atomic E-state index is -0.632. The lowest BCUT2D eigenvalue weighted by Crippen LogP contribution is -2.39. The first kappa shape index (κ1) is 27.1. The summed E-state index contributed by atoms with van der Waals surface area (Å²) in [6.45, 7) is 6.11. The molecule has 0 saturated carbocycles. The van der Waals surface area contributed by atoms with Gasteiger partial charge in [0.05, 0.1) is 28.5 Å². The topological polar surface area (TPSA) is 105 Å². The van der Waals surface area contributed by atoms with E-state index in [1.807, 2.05) is 79.1 Å². The Kier molecular flexibility index (Phi) is 7.95. The first-order valence-electron chi connectivity index (χ1n) is 12.8. The summed E-state index contributed by atoms with van der Waals surface area (Å²) in [5, 5.41) is 10.7. The second kappa shape index (κ2) is 11.7. The zero-order valence-electron chi connectivity index (χ0n) is 22.3. The van der Waals surface area contributed by atoms with Crippen molar-refractivity contribution in [1.82, 2.24) is 4.57 Å². The molecule has 1 atom stereocenters. The Bertz CT molecular complexity index is 1740. The van der Waals surface area contributed by atoms with Crippen molar-refractivity contribution in [1.29, 1.82) is 0 Å². The van der Waals surface area contributed by atoms with Crippen LogP contribution in [0.15, 0.2) is 93.9 Å². The average molecular weight is 555 g/mol. The van der Waals surface area contributed by atoms with Crippen molar-refractivity contribution < 1.29 is 14.3 Å². The van der Waals surface area contributed by atoms with Crippen LogP contribution < -0.4 is 25.1 Å². The van der Waals surface area contributed by atoms with Crippen LogP contribution in [0.3, 0.4) is 0 Å². The average Bonchev–Trinajstić information content (AvgIpc) is 3.26. The summed E-state index contributed by atoms with van der Waals surface area (Å²) in [5.41, 5.74) is 6.69. The number of thiazole rings is 1. The van der Waals surface area contributed by atoms with Crippen LogP contribution in [0.5, 0.6) is 5.75 Å². The van der Waals surface area contributed by atoms with E-state index in [1.165, 1.54) is 11.3 Å². The molecular weight excluding hydrogens is 526 g/mol. The van der Waals surface area contributed by atoms with E-state index in [9.17, 15) is 14.8 Å². The van der Waals surface area contributed by atoms with Gasteiger partial charge in [0.25, 0.3) is 5.56 Å². The van der Waals surface area contributed by atoms with Crippen molar-refractivity contribution in [2.75, 3.05) is 12.1 Å². The highest BCUT2D eigenvalue weighted by Gasteiger charge is 2.33. The maximum Gasteiger partial charge on any atom is 0.338 e. The van der Waals surface area contributed by atoms with Crippen LogP contribution in [-0.4, -0.2) is 17.1 Å². The smallest absolute Gasteiger partial charge is 0.338 e. The van der Waals surface area contributed by atoms with Gasteiger partial charge in [-0.25, -0.2) is 9.79 Å². The molecule has 3 aromatic carbocycles. The number of allylic oxidation sites excluding steroid dienone is 1. The van der Waals surface area contributed by atoms with E-state index in [4.69, 9.17) is 9.47 Å². The van der Waals surface area contributed by atoms with Gasteiger partial charge in [0.1, 0.15) is 12.4 Å². The minimum absolute atomic E-state index is 0.222. The van der Waals surface area contributed by atoms with Gasteiger partial charge in [0, 0.05) is 5.69 Å². The Morgan fingerprint density at radius 3 is 2.40 bits per heavy atom. The Morgan fingerprint density at radius 2 is 1.75 bits per heavy atom. The largest absolute Gasteiger partial charge is 0.761 e. The third-order valence-corrected chi connectivity index (χ3v) is 7.55. The standard InChI is InChI=1S/C31H28N3O5S/c1-4-38-30(36)27-20(3)32-31-34(28(27)23-11-5-19(2)6-12-23)29(35)26(40-31)17-21-9-15-25(16-10-21)39-18-22-7-13-24(33-37)14-8-22/h5-17,28,33H,4,18H2,1-3H3/q-1/b26-17-. The number of aryl methyl sites for hydroxylation is 1. The van der Waals surface area contributed by atoms with Crippen LogP contribution in [0.1, 0.15) is 42.1 Å². The maximum atomic E-state index is 13.7. The van der Waals surface area contributed by atoms with Crippen LogP contribution in [0.25, 0.3) is 6.08 Å². The third kappa shape index (κ3) is 5.61.